The predicted octanol–water partition coefficient (Wildman–Crippen LogP) is 2.90. The van der Waals surface area contributed by atoms with Gasteiger partial charge in [-0.05, 0) is 31.7 Å². The molecule has 104 valence electrons. The monoisotopic (exact) mass is 306 g/mol. The Bertz CT molecular complexity index is 711. The first-order valence-corrected chi connectivity index (χ1v) is 8.54. The van der Waals surface area contributed by atoms with Crippen LogP contribution in [0.3, 0.4) is 0 Å². The maximum absolute atomic E-state index is 11.7. The molecule has 2 aromatic rings. The van der Waals surface area contributed by atoms with Crippen molar-refractivity contribution in [2.45, 2.75) is 42.9 Å². The maximum Gasteiger partial charge on any atom is 0.319 e. The summed E-state index contributed by atoms with van der Waals surface area (Å²) >= 11 is 3.35. The number of ether oxygens (including phenoxy) is 1. The molecule has 0 bridgehead atoms. The number of nitrogens with zero attached hydrogens (tertiary/aromatic N) is 2. The fourth-order valence-electron chi connectivity index (χ4n) is 2.87. The van der Waals surface area contributed by atoms with Crippen molar-refractivity contribution >= 4 is 39.3 Å². The summed E-state index contributed by atoms with van der Waals surface area (Å²) < 4.78 is 5.05. The van der Waals surface area contributed by atoms with Gasteiger partial charge in [-0.3, -0.25) is 4.79 Å². The molecule has 1 fully saturated rings. The van der Waals surface area contributed by atoms with E-state index in [1.54, 1.807) is 23.1 Å². The second-order valence-corrected chi connectivity index (χ2v) is 7.45. The molecule has 6 heteroatoms. The van der Waals surface area contributed by atoms with Gasteiger partial charge in [-0.1, -0.05) is 11.8 Å². The Morgan fingerprint density at radius 2 is 2.25 bits per heavy atom. The maximum atomic E-state index is 11.7. The third-order valence-corrected chi connectivity index (χ3v) is 6.20. The highest BCUT2D eigenvalue weighted by Crippen LogP contribution is 2.42. The van der Waals surface area contributed by atoms with Gasteiger partial charge in [0.15, 0.2) is 0 Å². The van der Waals surface area contributed by atoms with E-state index in [-0.39, 0.29) is 11.2 Å². The number of aromatic nitrogens is 2. The smallest absolute Gasteiger partial charge is 0.319 e. The summed E-state index contributed by atoms with van der Waals surface area (Å²) in [5.41, 5.74) is 1.42. The number of rotatable bonds is 2. The Hall–Kier alpha value is -1.14. The van der Waals surface area contributed by atoms with E-state index in [0.29, 0.717) is 6.61 Å². The molecular weight excluding hydrogens is 292 g/mol. The Labute approximate surface area is 124 Å². The summed E-state index contributed by atoms with van der Waals surface area (Å²) in [6.45, 7) is 2.45. The van der Waals surface area contributed by atoms with Crippen LogP contribution >= 0.6 is 23.1 Å². The zero-order valence-corrected chi connectivity index (χ0v) is 12.8. The molecule has 3 heterocycles. The van der Waals surface area contributed by atoms with Crippen LogP contribution in [0.15, 0.2) is 5.03 Å². The van der Waals surface area contributed by atoms with E-state index >= 15 is 0 Å². The fourth-order valence-corrected chi connectivity index (χ4v) is 5.41. The molecule has 1 aliphatic carbocycles. The lowest BCUT2D eigenvalue weighted by Crippen LogP contribution is -2.10. The van der Waals surface area contributed by atoms with Gasteiger partial charge >= 0.3 is 5.97 Å². The van der Waals surface area contributed by atoms with Gasteiger partial charge < -0.3 is 4.74 Å². The molecule has 0 spiro atoms. The Kier molecular flexibility index (Phi) is 2.96. The molecule has 0 amide bonds. The largest absolute Gasteiger partial charge is 0.465 e. The van der Waals surface area contributed by atoms with Gasteiger partial charge in [-0.25, -0.2) is 9.97 Å². The second-order valence-electron chi connectivity index (χ2n) is 5.18. The van der Waals surface area contributed by atoms with Crippen LogP contribution < -0.4 is 0 Å². The lowest BCUT2D eigenvalue weighted by atomic mass is 10.2. The van der Waals surface area contributed by atoms with E-state index in [4.69, 9.17) is 4.74 Å². The molecule has 0 unspecified atom stereocenters. The Morgan fingerprint density at radius 3 is 3.05 bits per heavy atom. The molecule has 1 saturated heterocycles. The van der Waals surface area contributed by atoms with Gasteiger partial charge in [-0.15, -0.1) is 11.3 Å². The van der Waals surface area contributed by atoms with Crippen LogP contribution in [0.25, 0.3) is 10.2 Å². The molecule has 0 radical (unpaired) electrons. The number of hydrogen-bond donors (Lipinski definition) is 0. The Balaban J connectivity index is 1.83. The Morgan fingerprint density at radius 1 is 1.35 bits per heavy atom. The van der Waals surface area contributed by atoms with Crippen LogP contribution in [-0.2, 0) is 22.4 Å². The predicted molar refractivity (Wildman–Crippen MR) is 79.4 cm³/mol. The lowest BCUT2D eigenvalue weighted by Gasteiger charge is -2.08. The summed E-state index contributed by atoms with van der Waals surface area (Å²) in [6.07, 6.45) is 4.27. The highest BCUT2D eigenvalue weighted by atomic mass is 32.2. The van der Waals surface area contributed by atoms with Crippen molar-refractivity contribution in [3.05, 3.63) is 16.3 Å². The van der Waals surface area contributed by atoms with Crippen molar-refractivity contribution in [3.8, 4) is 0 Å². The summed E-state index contributed by atoms with van der Waals surface area (Å²) in [7, 11) is 0. The van der Waals surface area contributed by atoms with Crippen molar-refractivity contribution in [1.29, 1.82) is 0 Å². The number of carbonyl (C=O) groups excluding carboxylic acids is 1. The minimum absolute atomic E-state index is 0.105. The van der Waals surface area contributed by atoms with E-state index < -0.39 is 0 Å². The lowest BCUT2D eigenvalue weighted by molar-refractivity contribution is -0.137. The van der Waals surface area contributed by atoms with Crippen molar-refractivity contribution in [2.75, 3.05) is 6.61 Å². The van der Waals surface area contributed by atoms with Crippen molar-refractivity contribution in [2.24, 2.45) is 0 Å². The number of carbonyl (C=O) groups is 1. The third kappa shape index (κ3) is 1.93. The molecule has 0 saturated carbocycles. The highest BCUT2D eigenvalue weighted by molar-refractivity contribution is 8.00. The average molecular weight is 306 g/mol. The van der Waals surface area contributed by atoms with Crippen molar-refractivity contribution < 1.29 is 9.53 Å². The first-order chi connectivity index (χ1) is 9.72. The normalized spacial score (nSPS) is 21.4. The highest BCUT2D eigenvalue weighted by Gasteiger charge is 2.30. The van der Waals surface area contributed by atoms with Gasteiger partial charge in [0.1, 0.15) is 20.9 Å². The third-order valence-electron chi connectivity index (χ3n) is 3.78. The van der Waals surface area contributed by atoms with Gasteiger partial charge in [0.05, 0.1) is 6.61 Å². The molecule has 0 N–H and O–H groups in total. The molecular formula is C14H14N2O2S2. The molecule has 0 aromatic carbocycles. The quantitative estimate of drug-likeness (QED) is 0.631. The first-order valence-electron chi connectivity index (χ1n) is 6.84. The van der Waals surface area contributed by atoms with Crippen LogP contribution in [0.4, 0.5) is 0 Å². The number of aryl methyl sites for hydroxylation is 3. The topological polar surface area (TPSA) is 52.1 Å². The average Bonchev–Trinajstić information content (AvgIpc) is 3.05. The van der Waals surface area contributed by atoms with Crippen molar-refractivity contribution in [3.63, 3.8) is 0 Å². The first kappa shape index (κ1) is 12.6. The van der Waals surface area contributed by atoms with Crippen LogP contribution in [0, 0.1) is 6.92 Å². The molecule has 2 aromatic heterocycles. The SMILES string of the molecule is Cc1nc(S[C@H]2CCOC2=O)c2c3c(sc2n1)CCC3. The molecule has 4 nitrogen and oxygen atoms in total. The van der Waals surface area contributed by atoms with Crippen LogP contribution in [0.5, 0.6) is 0 Å². The van der Waals surface area contributed by atoms with E-state index in [2.05, 4.69) is 9.97 Å². The van der Waals surface area contributed by atoms with Crippen LogP contribution in [0.2, 0.25) is 0 Å². The second kappa shape index (κ2) is 4.70. The van der Waals surface area contributed by atoms with E-state index in [1.807, 2.05) is 6.92 Å². The zero-order chi connectivity index (χ0) is 13.7. The van der Waals surface area contributed by atoms with Gasteiger partial charge in [0.2, 0.25) is 0 Å². The van der Waals surface area contributed by atoms with Crippen molar-refractivity contribution in [1.82, 2.24) is 9.97 Å². The van der Waals surface area contributed by atoms with E-state index in [9.17, 15) is 4.79 Å². The number of thiophene rings is 1. The fraction of sp³-hybridized carbons (Fsp3) is 0.500. The number of thioether (sulfide) groups is 1. The molecule has 4 rings (SSSR count). The summed E-state index contributed by atoms with van der Waals surface area (Å²) in [4.78, 5) is 23.4. The summed E-state index contributed by atoms with van der Waals surface area (Å²) in [6, 6.07) is 0. The number of fused-ring (bicyclic) bond motifs is 3. The summed E-state index contributed by atoms with van der Waals surface area (Å²) in [5.74, 6) is 0.678. The molecule has 20 heavy (non-hydrogen) atoms. The van der Waals surface area contributed by atoms with Crippen LogP contribution in [0.1, 0.15) is 29.1 Å². The van der Waals surface area contributed by atoms with E-state index in [1.165, 1.54) is 22.2 Å². The zero-order valence-electron chi connectivity index (χ0n) is 11.1. The minimum Gasteiger partial charge on any atom is -0.465 e. The molecule has 1 atom stereocenters. The number of hydrogen-bond acceptors (Lipinski definition) is 6. The minimum atomic E-state index is -0.107. The molecule has 2 aliphatic rings. The number of cyclic esters (lactones) is 1. The standard InChI is InChI=1S/C14H14N2O2S2/c1-7-15-12-11(8-3-2-4-9(8)19-12)13(16-7)20-10-5-6-18-14(10)17/h10H,2-6H2,1H3/t10-/m0/s1. The van der Waals surface area contributed by atoms with Gasteiger partial charge in [0, 0.05) is 16.7 Å². The number of esters is 1. The van der Waals surface area contributed by atoms with Gasteiger partial charge in [0.25, 0.3) is 0 Å². The van der Waals surface area contributed by atoms with E-state index in [0.717, 1.165) is 34.9 Å². The summed E-state index contributed by atoms with van der Waals surface area (Å²) in [5, 5.41) is 2.05. The van der Waals surface area contributed by atoms with Crippen LogP contribution in [-0.4, -0.2) is 27.8 Å². The van der Waals surface area contributed by atoms with Gasteiger partial charge in [-0.2, -0.15) is 0 Å². The molecule has 1 aliphatic heterocycles.